The van der Waals surface area contributed by atoms with E-state index >= 15 is 0 Å². The van der Waals surface area contributed by atoms with Crippen molar-refractivity contribution in [2.75, 3.05) is 0 Å². The lowest BCUT2D eigenvalue weighted by molar-refractivity contribution is -0.155. The summed E-state index contributed by atoms with van der Waals surface area (Å²) >= 11 is 23.4. The van der Waals surface area contributed by atoms with Crippen LogP contribution in [0.2, 0.25) is 20.1 Å². The minimum absolute atomic E-state index is 0.0581. The molecule has 3 nitrogen and oxygen atoms in total. The summed E-state index contributed by atoms with van der Waals surface area (Å²) in [6.45, 7) is 0. The molecule has 2 rings (SSSR count). The van der Waals surface area contributed by atoms with Crippen LogP contribution in [0.1, 0.15) is 11.1 Å². The number of rotatable bonds is 3. The number of hydrogen-bond acceptors (Lipinski definition) is 2. The summed E-state index contributed by atoms with van der Waals surface area (Å²) in [6, 6.07) is 8.16. The molecule has 0 heterocycles. The highest BCUT2D eigenvalue weighted by Gasteiger charge is 2.40. The second kappa shape index (κ2) is 6.03. The van der Waals surface area contributed by atoms with Gasteiger partial charge in [-0.15, -0.1) is 0 Å². The number of aliphatic hydroxyl groups is 1. The summed E-state index contributed by atoms with van der Waals surface area (Å²) in [5, 5.41) is 20.9. The van der Waals surface area contributed by atoms with Crippen molar-refractivity contribution in [2.24, 2.45) is 0 Å². The first-order chi connectivity index (χ1) is 9.76. The van der Waals surface area contributed by atoms with Crippen molar-refractivity contribution in [3.8, 4) is 0 Å². The zero-order valence-electron chi connectivity index (χ0n) is 10.3. The number of aliphatic carboxylic acids is 1. The van der Waals surface area contributed by atoms with E-state index in [4.69, 9.17) is 46.4 Å². The Hall–Kier alpha value is -0.970. The fraction of sp³-hybridized carbons (Fsp3) is 0.0714. The van der Waals surface area contributed by atoms with E-state index in [2.05, 4.69) is 0 Å². The van der Waals surface area contributed by atoms with E-state index in [-0.39, 0.29) is 31.2 Å². The average Bonchev–Trinajstić information content (AvgIpc) is 2.43. The van der Waals surface area contributed by atoms with Crippen LogP contribution in [0.4, 0.5) is 0 Å². The predicted octanol–water partition coefficient (Wildman–Crippen LogP) is 4.62. The molecule has 0 aliphatic rings. The van der Waals surface area contributed by atoms with Crippen molar-refractivity contribution >= 4 is 52.4 Å². The highest BCUT2D eigenvalue weighted by atomic mass is 35.5. The first-order valence-electron chi connectivity index (χ1n) is 5.63. The molecule has 0 fully saturated rings. The highest BCUT2D eigenvalue weighted by molar-refractivity contribution is 6.42. The molecular weight excluding hydrogens is 358 g/mol. The fourth-order valence-electron chi connectivity index (χ4n) is 1.86. The van der Waals surface area contributed by atoms with Gasteiger partial charge in [0, 0.05) is 11.1 Å². The average molecular weight is 366 g/mol. The molecule has 0 aliphatic heterocycles. The van der Waals surface area contributed by atoms with E-state index in [1.807, 2.05) is 0 Å². The first-order valence-corrected chi connectivity index (χ1v) is 7.15. The maximum atomic E-state index is 11.6. The van der Waals surface area contributed by atoms with Gasteiger partial charge in [0.2, 0.25) is 5.60 Å². The molecular formula is C14H8Cl4O3. The molecule has 2 aromatic carbocycles. The van der Waals surface area contributed by atoms with Crippen LogP contribution in [0, 0.1) is 0 Å². The predicted molar refractivity (Wildman–Crippen MR) is 83.6 cm³/mol. The highest BCUT2D eigenvalue weighted by Crippen LogP contribution is 2.36. The number of benzene rings is 2. The fourth-order valence-corrected chi connectivity index (χ4v) is 2.45. The number of carboxylic acids is 1. The van der Waals surface area contributed by atoms with E-state index in [9.17, 15) is 15.0 Å². The van der Waals surface area contributed by atoms with E-state index < -0.39 is 11.6 Å². The van der Waals surface area contributed by atoms with Crippen molar-refractivity contribution in [1.82, 2.24) is 0 Å². The van der Waals surface area contributed by atoms with Crippen LogP contribution < -0.4 is 0 Å². The van der Waals surface area contributed by atoms with Crippen molar-refractivity contribution in [3.05, 3.63) is 67.6 Å². The van der Waals surface area contributed by atoms with E-state index in [1.54, 1.807) is 0 Å². The number of halogens is 4. The summed E-state index contributed by atoms with van der Waals surface area (Å²) in [6.07, 6.45) is 0. The van der Waals surface area contributed by atoms with Crippen LogP contribution in [0.3, 0.4) is 0 Å². The minimum atomic E-state index is -2.32. The molecule has 0 aromatic heterocycles. The van der Waals surface area contributed by atoms with Crippen molar-refractivity contribution in [1.29, 1.82) is 0 Å². The van der Waals surface area contributed by atoms with Crippen LogP contribution in [0.5, 0.6) is 0 Å². The Kier molecular flexibility index (Phi) is 4.71. The van der Waals surface area contributed by atoms with Gasteiger partial charge in [0.15, 0.2) is 0 Å². The number of carboxylic acid groups (broad SMARTS) is 1. The Morgan fingerprint density at radius 1 is 0.810 bits per heavy atom. The third-order valence-electron chi connectivity index (χ3n) is 2.98. The topological polar surface area (TPSA) is 57.5 Å². The van der Waals surface area contributed by atoms with E-state index in [0.29, 0.717) is 0 Å². The summed E-state index contributed by atoms with van der Waals surface area (Å²) in [4.78, 5) is 11.6. The molecule has 0 spiro atoms. The lowest BCUT2D eigenvalue weighted by Gasteiger charge is -2.25. The molecule has 2 aromatic rings. The third kappa shape index (κ3) is 2.98. The third-order valence-corrected chi connectivity index (χ3v) is 4.46. The van der Waals surface area contributed by atoms with Gasteiger partial charge < -0.3 is 10.2 Å². The lowest BCUT2D eigenvalue weighted by Crippen LogP contribution is -2.36. The normalized spacial score (nSPS) is 11.5. The molecule has 0 aliphatic carbocycles. The van der Waals surface area contributed by atoms with Gasteiger partial charge in [0.25, 0.3) is 0 Å². The van der Waals surface area contributed by atoms with Gasteiger partial charge in [-0.2, -0.15) is 0 Å². The Labute approximate surface area is 140 Å². The molecule has 0 saturated carbocycles. The second-order valence-electron chi connectivity index (χ2n) is 4.27. The summed E-state index contributed by atoms with van der Waals surface area (Å²) < 4.78 is 0. The standard InChI is InChI=1S/C14H8Cl4O3/c15-9-3-1-7(5-11(9)17)14(21,13(19)20)8-2-4-10(16)12(18)6-8/h1-6,21H,(H,19,20). The van der Waals surface area contributed by atoms with Crippen LogP contribution in [-0.2, 0) is 10.4 Å². The number of hydrogen-bond donors (Lipinski definition) is 2. The van der Waals surface area contributed by atoms with E-state index in [1.165, 1.54) is 36.4 Å². The van der Waals surface area contributed by atoms with Gasteiger partial charge in [-0.1, -0.05) is 58.5 Å². The molecule has 2 N–H and O–H groups in total. The SMILES string of the molecule is O=C(O)C(O)(c1ccc(Cl)c(Cl)c1)c1ccc(Cl)c(Cl)c1. The second-order valence-corrected chi connectivity index (χ2v) is 5.90. The van der Waals surface area contributed by atoms with Gasteiger partial charge in [0.1, 0.15) is 0 Å². The van der Waals surface area contributed by atoms with Gasteiger partial charge >= 0.3 is 5.97 Å². The summed E-state index contributed by atoms with van der Waals surface area (Å²) in [5.41, 5.74) is -2.20. The quantitative estimate of drug-likeness (QED) is 0.834. The maximum Gasteiger partial charge on any atom is 0.345 e. The van der Waals surface area contributed by atoms with Gasteiger partial charge in [0.05, 0.1) is 20.1 Å². The van der Waals surface area contributed by atoms with Crippen LogP contribution >= 0.6 is 46.4 Å². The summed E-state index contributed by atoms with van der Waals surface area (Å²) in [7, 11) is 0. The zero-order valence-corrected chi connectivity index (χ0v) is 13.3. The maximum absolute atomic E-state index is 11.6. The molecule has 110 valence electrons. The van der Waals surface area contributed by atoms with E-state index in [0.717, 1.165) is 0 Å². The summed E-state index contributed by atoms with van der Waals surface area (Å²) in [5.74, 6) is -1.47. The molecule has 0 radical (unpaired) electrons. The van der Waals surface area contributed by atoms with Crippen molar-refractivity contribution < 1.29 is 15.0 Å². The zero-order chi connectivity index (χ0) is 15.8. The molecule has 0 atom stereocenters. The first kappa shape index (κ1) is 16.4. The van der Waals surface area contributed by atoms with Gasteiger partial charge in [-0.25, -0.2) is 4.79 Å². The van der Waals surface area contributed by atoms with Gasteiger partial charge in [-0.05, 0) is 24.3 Å². The monoisotopic (exact) mass is 364 g/mol. The minimum Gasteiger partial charge on any atom is -0.479 e. The Bertz CT molecular complexity index is 664. The van der Waals surface area contributed by atoms with Crippen LogP contribution in [0.15, 0.2) is 36.4 Å². The molecule has 0 saturated heterocycles. The largest absolute Gasteiger partial charge is 0.479 e. The Morgan fingerprint density at radius 2 is 1.19 bits per heavy atom. The van der Waals surface area contributed by atoms with Crippen LogP contribution in [-0.4, -0.2) is 16.2 Å². The molecule has 21 heavy (non-hydrogen) atoms. The molecule has 7 heteroatoms. The smallest absolute Gasteiger partial charge is 0.345 e. The van der Waals surface area contributed by atoms with Crippen molar-refractivity contribution in [2.45, 2.75) is 5.60 Å². The molecule has 0 unspecified atom stereocenters. The number of carbonyl (C=O) groups is 1. The molecule has 0 bridgehead atoms. The lowest BCUT2D eigenvalue weighted by atomic mass is 9.86. The van der Waals surface area contributed by atoms with Crippen LogP contribution in [0.25, 0.3) is 0 Å². The van der Waals surface area contributed by atoms with Crippen molar-refractivity contribution in [3.63, 3.8) is 0 Å². The Morgan fingerprint density at radius 3 is 1.48 bits per heavy atom. The molecule has 0 amide bonds. The van der Waals surface area contributed by atoms with Gasteiger partial charge in [-0.3, -0.25) is 0 Å². The Balaban J connectivity index is 2.67.